The fourth-order valence-corrected chi connectivity index (χ4v) is 4.09. The first-order valence-corrected chi connectivity index (χ1v) is 11.6. The Morgan fingerprint density at radius 3 is 2.74 bits per heavy atom. The molecule has 0 bridgehead atoms. The first kappa shape index (κ1) is 23.6. The second-order valence-corrected chi connectivity index (χ2v) is 8.41. The number of furan rings is 1. The molecule has 2 unspecified atom stereocenters. The third-order valence-corrected chi connectivity index (χ3v) is 5.86. The number of nitrogens with one attached hydrogen (secondary N) is 1. The molecule has 1 aliphatic rings. The Morgan fingerprint density at radius 2 is 2.06 bits per heavy atom. The molecule has 1 saturated heterocycles. The van der Waals surface area contributed by atoms with Crippen LogP contribution in [0.4, 0.5) is 5.69 Å². The second kappa shape index (κ2) is 10.6. The summed E-state index contributed by atoms with van der Waals surface area (Å²) in [7, 11) is 0. The summed E-state index contributed by atoms with van der Waals surface area (Å²) in [6, 6.07) is 10.4. The molecule has 4 rings (SSSR count). The highest BCUT2D eigenvalue weighted by atomic mass is 16.5. The van der Waals surface area contributed by atoms with E-state index in [0.717, 1.165) is 30.8 Å². The van der Waals surface area contributed by atoms with E-state index in [1.165, 1.54) is 4.80 Å². The quantitative estimate of drug-likeness (QED) is 0.515. The van der Waals surface area contributed by atoms with Gasteiger partial charge in [-0.2, -0.15) is 4.80 Å². The summed E-state index contributed by atoms with van der Waals surface area (Å²) < 4.78 is 11.2. The lowest BCUT2D eigenvalue weighted by Gasteiger charge is -2.31. The van der Waals surface area contributed by atoms with Gasteiger partial charge in [-0.25, -0.2) is 0 Å². The first-order chi connectivity index (χ1) is 16.5. The van der Waals surface area contributed by atoms with E-state index in [9.17, 15) is 9.59 Å². The number of hydrogen-bond donors (Lipinski definition) is 1. The van der Waals surface area contributed by atoms with E-state index in [0.29, 0.717) is 30.2 Å². The number of para-hydroxylation sites is 1. The Morgan fingerprint density at radius 1 is 1.24 bits per heavy atom. The molecule has 0 aliphatic carbocycles. The number of amides is 2. The van der Waals surface area contributed by atoms with Crippen LogP contribution in [0.3, 0.4) is 0 Å². The van der Waals surface area contributed by atoms with Gasteiger partial charge in [-0.1, -0.05) is 25.1 Å². The molecule has 34 heavy (non-hydrogen) atoms. The van der Waals surface area contributed by atoms with Gasteiger partial charge in [0.15, 0.2) is 5.76 Å². The third kappa shape index (κ3) is 5.33. The average molecular weight is 467 g/mol. The molecule has 1 aliphatic heterocycles. The highest BCUT2D eigenvalue weighted by molar-refractivity contribution is 6.01. The Labute approximate surface area is 198 Å². The molecule has 180 valence electrons. The van der Waals surface area contributed by atoms with Crippen LogP contribution in [0.25, 0.3) is 11.6 Å². The fraction of sp³-hybridized carbons (Fsp3) is 0.458. The SMILES string of the molecule is CCC(C(=O)NCC1CCCO1)N(C(=O)Cn1nnc(-c2ccc(C)o2)n1)c1ccccc1C. The van der Waals surface area contributed by atoms with Gasteiger partial charge in [0.2, 0.25) is 11.7 Å². The molecule has 1 N–H and O–H groups in total. The topological polar surface area (TPSA) is 115 Å². The Hall–Kier alpha value is -3.53. The summed E-state index contributed by atoms with van der Waals surface area (Å²) in [5.41, 5.74) is 1.56. The molecule has 1 fully saturated rings. The second-order valence-electron chi connectivity index (χ2n) is 8.41. The van der Waals surface area contributed by atoms with Crippen molar-refractivity contribution in [2.45, 2.75) is 58.7 Å². The summed E-state index contributed by atoms with van der Waals surface area (Å²) in [5.74, 6) is 0.977. The van der Waals surface area contributed by atoms with Crippen molar-refractivity contribution in [1.82, 2.24) is 25.5 Å². The monoisotopic (exact) mass is 466 g/mol. The lowest BCUT2D eigenvalue weighted by atomic mass is 10.1. The maximum absolute atomic E-state index is 13.5. The number of anilines is 1. The number of ether oxygens (including phenoxy) is 1. The summed E-state index contributed by atoms with van der Waals surface area (Å²) >= 11 is 0. The molecular weight excluding hydrogens is 436 g/mol. The molecule has 0 radical (unpaired) electrons. The molecule has 10 heteroatoms. The molecule has 0 saturated carbocycles. The van der Waals surface area contributed by atoms with Crippen molar-refractivity contribution in [2.24, 2.45) is 0 Å². The maximum atomic E-state index is 13.5. The van der Waals surface area contributed by atoms with Gasteiger partial charge in [0, 0.05) is 18.8 Å². The minimum atomic E-state index is -0.689. The number of nitrogens with zero attached hydrogens (tertiary/aromatic N) is 5. The van der Waals surface area contributed by atoms with Gasteiger partial charge in [0.1, 0.15) is 18.3 Å². The van der Waals surface area contributed by atoms with Crippen LogP contribution in [-0.4, -0.2) is 57.3 Å². The predicted molar refractivity (Wildman–Crippen MR) is 125 cm³/mol. The number of aromatic nitrogens is 4. The van der Waals surface area contributed by atoms with Crippen molar-refractivity contribution < 1.29 is 18.7 Å². The van der Waals surface area contributed by atoms with E-state index in [2.05, 4.69) is 20.7 Å². The summed E-state index contributed by atoms with van der Waals surface area (Å²) in [4.78, 5) is 29.5. The van der Waals surface area contributed by atoms with E-state index < -0.39 is 6.04 Å². The summed E-state index contributed by atoms with van der Waals surface area (Å²) in [6.07, 6.45) is 2.38. The minimum absolute atomic E-state index is 0.0204. The summed E-state index contributed by atoms with van der Waals surface area (Å²) in [5, 5.41) is 15.3. The maximum Gasteiger partial charge on any atom is 0.251 e. The van der Waals surface area contributed by atoms with E-state index in [1.807, 2.05) is 51.1 Å². The van der Waals surface area contributed by atoms with Crippen molar-refractivity contribution in [3.8, 4) is 11.6 Å². The largest absolute Gasteiger partial charge is 0.458 e. The number of carbonyl (C=O) groups is 2. The number of aryl methyl sites for hydroxylation is 2. The van der Waals surface area contributed by atoms with Crippen molar-refractivity contribution in [2.75, 3.05) is 18.1 Å². The zero-order valence-electron chi connectivity index (χ0n) is 19.7. The molecule has 2 amide bonds. The smallest absolute Gasteiger partial charge is 0.251 e. The van der Waals surface area contributed by atoms with Crippen LogP contribution in [0.5, 0.6) is 0 Å². The van der Waals surface area contributed by atoms with Crippen molar-refractivity contribution in [3.05, 3.63) is 47.7 Å². The minimum Gasteiger partial charge on any atom is -0.458 e. The average Bonchev–Trinajstić information content (AvgIpc) is 3.59. The number of tetrazole rings is 1. The number of rotatable bonds is 9. The molecule has 3 aromatic rings. The van der Waals surface area contributed by atoms with Crippen LogP contribution in [-0.2, 0) is 20.9 Å². The van der Waals surface area contributed by atoms with Crippen molar-refractivity contribution in [1.29, 1.82) is 0 Å². The van der Waals surface area contributed by atoms with Crippen molar-refractivity contribution in [3.63, 3.8) is 0 Å². The van der Waals surface area contributed by atoms with Crippen LogP contribution >= 0.6 is 0 Å². The third-order valence-electron chi connectivity index (χ3n) is 5.86. The van der Waals surface area contributed by atoms with Gasteiger partial charge in [-0.05, 0) is 62.1 Å². The lowest BCUT2D eigenvalue weighted by Crippen LogP contribution is -2.52. The molecule has 1 aromatic carbocycles. The van der Waals surface area contributed by atoms with E-state index in [1.54, 1.807) is 11.0 Å². The summed E-state index contributed by atoms with van der Waals surface area (Å²) in [6.45, 7) is 6.61. The number of hydrogen-bond acceptors (Lipinski definition) is 7. The molecular formula is C24H30N6O4. The van der Waals surface area contributed by atoms with Gasteiger partial charge in [-0.15, -0.1) is 10.2 Å². The van der Waals surface area contributed by atoms with Gasteiger partial charge in [0.05, 0.1) is 6.10 Å². The van der Waals surface area contributed by atoms with E-state index >= 15 is 0 Å². The van der Waals surface area contributed by atoms with Crippen LogP contribution < -0.4 is 10.2 Å². The first-order valence-electron chi connectivity index (χ1n) is 11.6. The standard InChI is InChI=1S/C24H30N6O4/c1-4-19(24(32)25-14-18-9-7-13-33-18)30(20-10-6-5-8-16(20)2)22(31)15-29-27-23(26-28-29)21-12-11-17(3)34-21/h5-6,8,10-12,18-19H,4,7,9,13-15H2,1-3H3,(H,25,32). The Balaban J connectivity index is 1.55. The van der Waals surface area contributed by atoms with Gasteiger partial charge in [0.25, 0.3) is 5.91 Å². The highest BCUT2D eigenvalue weighted by Crippen LogP contribution is 2.24. The molecule has 3 heterocycles. The predicted octanol–water partition coefficient (Wildman–Crippen LogP) is 2.66. The number of carbonyl (C=O) groups excluding carboxylic acids is 2. The molecule has 10 nitrogen and oxygen atoms in total. The van der Waals surface area contributed by atoms with E-state index in [-0.39, 0.29) is 24.5 Å². The Bertz CT molecular complexity index is 1130. The van der Waals surface area contributed by atoms with Crippen molar-refractivity contribution >= 4 is 17.5 Å². The van der Waals surface area contributed by atoms with Crippen LogP contribution in [0.2, 0.25) is 0 Å². The molecule has 0 spiro atoms. The Kier molecular flexibility index (Phi) is 7.36. The molecule has 2 aromatic heterocycles. The van der Waals surface area contributed by atoms with Gasteiger partial charge in [-0.3, -0.25) is 14.5 Å². The zero-order chi connectivity index (χ0) is 24.1. The number of benzene rings is 1. The van der Waals surface area contributed by atoms with Gasteiger partial charge < -0.3 is 14.5 Å². The normalized spacial score (nSPS) is 16.4. The van der Waals surface area contributed by atoms with Crippen LogP contribution in [0, 0.1) is 13.8 Å². The van der Waals surface area contributed by atoms with Crippen LogP contribution in [0.1, 0.15) is 37.5 Å². The zero-order valence-corrected chi connectivity index (χ0v) is 19.7. The van der Waals surface area contributed by atoms with Crippen LogP contribution in [0.15, 0.2) is 40.8 Å². The van der Waals surface area contributed by atoms with E-state index in [4.69, 9.17) is 9.15 Å². The molecule has 2 atom stereocenters. The highest BCUT2D eigenvalue weighted by Gasteiger charge is 2.32. The lowest BCUT2D eigenvalue weighted by molar-refractivity contribution is -0.127. The van der Waals surface area contributed by atoms with Gasteiger partial charge >= 0.3 is 0 Å². The fourth-order valence-electron chi connectivity index (χ4n) is 4.09.